The van der Waals surface area contributed by atoms with E-state index in [2.05, 4.69) is 22.0 Å². The second-order valence-corrected chi connectivity index (χ2v) is 9.64. The quantitative estimate of drug-likeness (QED) is 0.567. The van der Waals surface area contributed by atoms with Crippen molar-refractivity contribution >= 4 is 26.0 Å². The van der Waals surface area contributed by atoms with Crippen LogP contribution in [0.5, 0.6) is 0 Å². The summed E-state index contributed by atoms with van der Waals surface area (Å²) in [4.78, 5) is 0.340. The largest absolute Gasteiger partial charge is 0.243 e. The molecular formula is C22H20BrNO2S. The highest BCUT2D eigenvalue weighted by molar-refractivity contribution is 9.10. The van der Waals surface area contributed by atoms with Crippen LogP contribution in [-0.4, -0.2) is 19.3 Å². The van der Waals surface area contributed by atoms with Crippen molar-refractivity contribution in [2.45, 2.75) is 24.3 Å². The molecule has 138 valence electrons. The molecule has 5 heteroatoms. The van der Waals surface area contributed by atoms with Crippen molar-refractivity contribution in [1.82, 2.24) is 4.31 Å². The number of aryl methyl sites for hydroxylation is 1. The molecule has 0 saturated carbocycles. The van der Waals surface area contributed by atoms with Gasteiger partial charge in [-0.05, 0) is 54.3 Å². The van der Waals surface area contributed by atoms with Crippen LogP contribution in [0, 0.1) is 6.92 Å². The van der Waals surface area contributed by atoms with Crippen molar-refractivity contribution in [2.75, 3.05) is 6.54 Å². The van der Waals surface area contributed by atoms with Gasteiger partial charge in [0.05, 0.1) is 10.9 Å². The number of nitrogens with zero attached hydrogens (tertiary/aromatic N) is 1. The fraction of sp³-hybridized carbons (Fsp3) is 0.182. The number of benzene rings is 3. The Morgan fingerprint density at radius 3 is 2.44 bits per heavy atom. The summed E-state index contributed by atoms with van der Waals surface area (Å²) in [5, 5.41) is 0. The lowest BCUT2D eigenvalue weighted by molar-refractivity contribution is 0.344. The highest BCUT2D eigenvalue weighted by Crippen LogP contribution is 2.39. The minimum atomic E-state index is -3.61. The van der Waals surface area contributed by atoms with Gasteiger partial charge in [-0.1, -0.05) is 70.0 Å². The first kappa shape index (κ1) is 18.4. The predicted molar refractivity (Wildman–Crippen MR) is 111 cm³/mol. The lowest BCUT2D eigenvalue weighted by Crippen LogP contribution is -2.40. The summed E-state index contributed by atoms with van der Waals surface area (Å²) >= 11 is 3.52. The first-order chi connectivity index (χ1) is 13.0. The van der Waals surface area contributed by atoms with Crippen LogP contribution in [0.1, 0.15) is 28.3 Å². The fourth-order valence-corrected chi connectivity index (χ4v) is 5.68. The Kier molecular flexibility index (Phi) is 4.93. The Balaban J connectivity index is 1.87. The van der Waals surface area contributed by atoms with Crippen molar-refractivity contribution in [3.05, 3.63) is 99.5 Å². The molecule has 0 aliphatic carbocycles. The highest BCUT2D eigenvalue weighted by Gasteiger charge is 2.37. The zero-order chi connectivity index (χ0) is 19.0. The van der Waals surface area contributed by atoms with Gasteiger partial charge in [-0.15, -0.1) is 0 Å². The van der Waals surface area contributed by atoms with Crippen LogP contribution in [0.25, 0.3) is 0 Å². The average Bonchev–Trinajstić information content (AvgIpc) is 2.67. The van der Waals surface area contributed by atoms with Crippen molar-refractivity contribution < 1.29 is 8.42 Å². The van der Waals surface area contributed by atoms with Gasteiger partial charge in [0, 0.05) is 11.0 Å². The first-order valence-electron chi connectivity index (χ1n) is 8.88. The summed E-state index contributed by atoms with van der Waals surface area (Å²) in [6.45, 7) is 2.42. The summed E-state index contributed by atoms with van der Waals surface area (Å²) in [6, 6.07) is 22.8. The molecule has 0 bridgehead atoms. The summed E-state index contributed by atoms with van der Waals surface area (Å²) in [6.07, 6.45) is 0.714. The van der Waals surface area contributed by atoms with Crippen LogP contribution in [0.2, 0.25) is 0 Å². The molecule has 0 spiro atoms. The number of halogens is 1. The van der Waals surface area contributed by atoms with Crippen molar-refractivity contribution in [1.29, 1.82) is 0 Å². The predicted octanol–water partition coefficient (Wildman–Crippen LogP) is 5.09. The second kappa shape index (κ2) is 7.23. The van der Waals surface area contributed by atoms with E-state index in [1.807, 2.05) is 61.5 Å². The van der Waals surface area contributed by atoms with Crippen LogP contribution in [0.15, 0.2) is 82.2 Å². The van der Waals surface area contributed by atoms with E-state index >= 15 is 0 Å². The van der Waals surface area contributed by atoms with Crippen LogP contribution < -0.4 is 0 Å². The minimum Gasteiger partial charge on any atom is -0.207 e. The van der Waals surface area contributed by atoms with Gasteiger partial charge in [0.1, 0.15) is 0 Å². The Morgan fingerprint density at radius 1 is 0.963 bits per heavy atom. The molecule has 3 nitrogen and oxygen atoms in total. The van der Waals surface area contributed by atoms with Gasteiger partial charge in [-0.2, -0.15) is 4.31 Å². The third kappa shape index (κ3) is 3.47. The summed E-state index contributed by atoms with van der Waals surface area (Å²) in [5.41, 5.74) is 4.27. The van der Waals surface area contributed by atoms with Gasteiger partial charge in [0.25, 0.3) is 0 Å². The van der Waals surface area contributed by atoms with Crippen molar-refractivity contribution in [3.8, 4) is 0 Å². The lowest BCUT2D eigenvalue weighted by atomic mass is 9.90. The standard InChI is InChI=1S/C22H20BrNO2S/c1-16-9-11-20(12-10-16)27(25,26)24-14-13-17-5-2-3-8-21(17)22(24)18-6-4-7-19(23)15-18/h2-12,15,22H,13-14H2,1H3/t22-/m1/s1. The van der Waals surface area contributed by atoms with E-state index in [4.69, 9.17) is 0 Å². The summed E-state index contributed by atoms with van der Waals surface area (Å²) < 4.78 is 29.6. The van der Waals surface area contributed by atoms with E-state index in [9.17, 15) is 8.42 Å². The van der Waals surface area contributed by atoms with E-state index in [1.165, 1.54) is 5.56 Å². The normalized spacial score (nSPS) is 17.5. The molecular weight excluding hydrogens is 422 g/mol. The Labute approximate surface area is 168 Å². The molecule has 0 unspecified atom stereocenters. The molecule has 1 aliphatic heterocycles. The molecule has 4 rings (SSSR count). The van der Waals surface area contributed by atoms with E-state index in [-0.39, 0.29) is 6.04 Å². The van der Waals surface area contributed by atoms with E-state index in [0.29, 0.717) is 17.9 Å². The Hall–Kier alpha value is -1.95. The van der Waals surface area contributed by atoms with Crippen molar-refractivity contribution in [2.24, 2.45) is 0 Å². The SMILES string of the molecule is Cc1ccc(S(=O)(=O)N2CCc3ccccc3[C@H]2c2cccc(Br)c2)cc1. The number of fused-ring (bicyclic) bond motifs is 1. The van der Waals surface area contributed by atoms with E-state index < -0.39 is 10.0 Å². The zero-order valence-electron chi connectivity index (χ0n) is 15.0. The molecule has 0 radical (unpaired) electrons. The molecule has 0 aromatic heterocycles. The fourth-order valence-electron chi connectivity index (χ4n) is 3.67. The molecule has 27 heavy (non-hydrogen) atoms. The van der Waals surface area contributed by atoms with Crippen LogP contribution >= 0.6 is 15.9 Å². The van der Waals surface area contributed by atoms with Gasteiger partial charge in [-0.3, -0.25) is 0 Å². The molecule has 0 fully saturated rings. The van der Waals surface area contributed by atoms with Crippen LogP contribution in [0.3, 0.4) is 0 Å². The maximum absolute atomic E-state index is 13.5. The molecule has 1 aliphatic rings. The average molecular weight is 442 g/mol. The summed E-state index contributed by atoms with van der Waals surface area (Å²) in [5.74, 6) is 0. The highest BCUT2D eigenvalue weighted by atomic mass is 79.9. The van der Waals surface area contributed by atoms with E-state index in [0.717, 1.165) is 21.2 Å². The third-order valence-corrected chi connectivity index (χ3v) is 7.40. The zero-order valence-corrected chi connectivity index (χ0v) is 17.4. The second-order valence-electron chi connectivity index (χ2n) is 6.84. The number of hydrogen-bond acceptors (Lipinski definition) is 2. The van der Waals surface area contributed by atoms with Crippen LogP contribution in [-0.2, 0) is 16.4 Å². The monoisotopic (exact) mass is 441 g/mol. The number of hydrogen-bond donors (Lipinski definition) is 0. The van der Waals surface area contributed by atoms with Crippen molar-refractivity contribution in [3.63, 3.8) is 0 Å². The Morgan fingerprint density at radius 2 is 1.70 bits per heavy atom. The smallest absolute Gasteiger partial charge is 0.207 e. The van der Waals surface area contributed by atoms with Gasteiger partial charge < -0.3 is 0 Å². The van der Waals surface area contributed by atoms with Gasteiger partial charge in [0.2, 0.25) is 10.0 Å². The lowest BCUT2D eigenvalue weighted by Gasteiger charge is -2.36. The Bertz CT molecular complexity index is 1080. The molecule has 0 amide bonds. The van der Waals surface area contributed by atoms with Gasteiger partial charge in [0.15, 0.2) is 0 Å². The van der Waals surface area contributed by atoms with Gasteiger partial charge in [-0.25, -0.2) is 8.42 Å². The maximum Gasteiger partial charge on any atom is 0.243 e. The van der Waals surface area contributed by atoms with Gasteiger partial charge >= 0.3 is 0 Å². The minimum absolute atomic E-state index is 0.334. The molecule has 3 aromatic carbocycles. The first-order valence-corrected chi connectivity index (χ1v) is 11.1. The number of sulfonamides is 1. The maximum atomic E-state index is 13.5. The van der Waals surface area contributed by atoms with E-state index in [1.54, 1.807) is 16.4 Å². The molecule has 1 atom stereocenters. The number of rotatable bonds is 3. The molecule has 0 N–H and O–H groups in total. The molecule has 0 saturated heterocycles. The molecule has 3 aromatic rings. The van der Waals surface area contributed by atoms with Crippen LogP contribution in [0.4, 0.5) is 0 Å². The summed E-state index contributed by atoms with van der Waals surface area (Å²) in [7, 11) is -3.61. The topological polar surface area (TPSA) is 37.4 Å². The molecule has 1 heterocycles. The third-order valence-electron chi connectivity index (χ3n) is 5.03.